The molecule has 33 heavy (non-hydrogen) atoms. The van der Waals surface area contributed by atoms with Crippen molar-refractivity contribution in [2.24, 2.45) is 0 Å². The smallest absolute Gasteiger partial charge is 0.264 e. The normalized spacial score (nSPS) is 17.1. The summed E-state index contributed by atoms with van der Waals surface area (Å²) in [6.07, 6.45) is -0.414. The number of aliphatic hydroxyl groups is 1. The predicted molar refractivity (Wildman–Crippen MR) is 129 cm³/mol. The van der Waals surface area contributed by atoms with Crippen LogP contribution in [0.25, 0.3) is 0 Å². The van der Waals surface area contributed by atoms with E-state index >= 15 is 0 Å². The van der Waals surface area contributed by atoms with Crippen molar-refractivity contribution in [3.63, 3.8) is 0 Å². The van der Waals surface area contributed by atoms with Crippen molar-refractivity contribution in [2.75, 3.05) is 19.1 Å². The lowest BCUT2D eigenvalue weighted by atomic mass is 9.88. The van der Waals surface area contributed by atoms with Crippen LogP contribution in [-0.4, -0.2) is 31.0 Å². The van der Waals surface area contributed by atoms with E-state index in [2.05, 4.69) is 15.9 Å². The maximum Gasteiger partial charge on any atom is 0.264 e. The van der Waals surface area contributed by atoms with E-state index in [9.17, 15) is 14.7 Å². The summed E-state index contributed by atoms with van der Waals surface area (Å²) in [4.78, 5) is 28.3. The average molecular weight is 510 g/mol. The minimum absolute atomic E-state index is 0.271. The van der Waals surface area contributed by atoms with Gasteiger partial charge >= 0.3 is 0 Å². The third kappa shape index (κ3) is 4.26. The van der Waals surface area contributed by atoms with E-state index in [4.69, 9.17) is 9.47 Å². The molecule has 7 heteroatoms. The Morgan fingerprint density at radius 2 is 1.76 bits per heavy atom. The minimum atomic E-state index is -1.99. The number of carbonyl (C=O) groups is 2. The van der Waals surface area contributed by atoms with Crippen LogP contribution in [0.5, 0.6) is 11.5 Å². The number of benzene rings is 3. The van der Waals surface area contributed by atoms with E-state index in [1.807, 2.05) is 37.3 Å². The van der Waals surface area contributed by atoms with Gasteiger partial charge in [0.05, 0.1) is 38.4 Å². The van der Waals surface area contributed by atoms with Gasteiger partial charge in [-0.15, -0.1) is 0 Å². The molecule has 1 heterocycles. The number of ether oxygens (including phenoxy) is 2. The number of amides is 1. The highest BCUT2D eigenvalue weighted by Crippen LogP contribution is 2.45. The van der Waals surface area contributed by atoms with Crippen molar-refractivity contribution in [3.8, 4) is 11.5 Å². The summed E-state index contributed by atoms with van der Waals surface area (Å²) in [6.45, 7) is 2.28. The van der Waals surface area contributed by atoms with Gasteiger partial charge in [0.15, 0.2) is 11.4 Å². The van der Waals surface area contributed by atoms with Crippen molar-refractivity contribution >= 4 is 33.3 Å². The van der Waals surface area contributed by atoms with Gasteiger partial charge in [0.1, 0.15) is 11.5 Å². The number of rotatable bonds is 7. The summed E-state index contributed by atoms with van der Waals surface area (Å²) in [7, 11) is 2.98. The molecular formula is C26H24BrNO5. The fraction of sp³-hybridized carbons (Fsp3) is 0.231. The Morgan fingerprint density at radius 1 is 1.03 bits per heavy atom. The number of carbonyl (C=O) groups excluding carboxylic acids is 2. The zero-order valence-electron chi connectivity index (χ0n) is 18.6. The van der Waals surface area contributed by atoms with Gasteiger partial charge in [0, 0.05) is 16.1 Å². The van der Waals surface area contributed by atoms with E-state index in [1.54, 1.807) is 30.3 Å². The van der Waals surface area contributed by atoms with Crippen LogP contribution in [0.3, 0.4) is 0 Å². The second kappa shape index (κ2) is 9.00. The van der Waals surface area contributed by atoms with Crippen molar-refractivity contribution in [3.05, 3.63) is 87.4 Å². The standard InChI is InChI=1S/C26H24BrNO5/c1-16-4-6-17(7-5-16)15-28-22-11-8-18(27)12-21(22)26(31,25(28)30)14-23(29)20-10-9-19(32-2)13-24(20)33-3/h4-13,31H,14-15H2,1-3H3. The minimum Gasteiger partial charge on any atom is -0.497 e. The molecule has 1 aliphatic rings. The molecule has 1 aliphatic heterocycles. The molecule has 0 fully saturated rings. The Labute approximate surface area is 200 Å². The average Bonchev–Trinajstić information content (AvgIpc) is 3.01. The quantitative estimate of drug-likeness (QED) is 0.463. The molecule has 3 aromatic carbocycles. The number of hydrogen-bond donors (Lipinski definition) is 1. The molecule has 0 radical (unpaired) electrons. The Kier molecular flexibility index (Phi) is 6.28. The lowest BCUT2D eigenvalue weighted by Gasteiger charge is -2.23. The maximum absolute atomic E-state index is 13.5. The summed E-state index contributed by atoms with van der Waals surface area (Å²) in [5.74, 6) is -0.0811. The molecule has 0 bridgehead atoms. The fourth-order valence-electron chi connectivity index (χ4n) is 4.08. The van der Waals surface area contributed by atoms with E-state index < -0.39 is 23.7 Å². The highest BCUT2D eigenvalue weighted by atomic mass is 79.9. The van der Waals surface area contributed by atoms with Gasteiger partial charge in [0.2, 0.25) is 0 Å². The van der Waals surface area contributed by atoms with Crippen molar-refractivity contribution in [2.45, 2.75) is 25.5 Å². The number of aryl methyl sites for hydroxylation is 1. The zero-order valence-corrected chi connectivity index (χ0v) is 20.2. The summed E-state index contributed by atoms with van der Waals surface area (Å²) in [6, 6.07) is 18.0. The van der Waals surface area contributed by atoms with Crippen LogP contribution in [0.15, 0.2) is 65.1 Å². The molecule has 1 amide bonds. The Balaban J connectivity index is 1.70. The lowest BCUT2D eigenvalue weighted by molar-refractivity contribution is -0.136. The first kappa shape index (κ1) is 23.0. The van der Waals surface area contributed by atoms with Gasteiger partial charge in [0.25, 0.3) is 5.91 Å². The summed E-state index contributed by atoms with van der Waals surface area (Å²) in [5, 5.41) is 11.6. The number of methoxy groups -OCH3 is 2. The highest BCUT2D eigenvalue weighted by Gasteiger charge is 2.51. The van der Waals surface area contributed by atoms with Crippen LogP contribution in [0.2, 0.25) is 0 Å². The van der Waals surface area contributed by atoms with Crippen LogP contribution >= 0.6 is 15.9 Å². The molecule has 3 aromatic rings. The van der Waals surface area contributed by atoms with Crippen LogP contribution in [0, 0.1) is 6.92 Å². The van der Waals surface area contributed by atoms with Crippen LogP contribution < -0.4 is 14.4 Å². The lowest BCUT2D eigenvalue weighted by Crippen LogP contribution is -2.41. The number of halogens is 1. The molecule has 0 saturated heterocycles. The second-order valence-corrected chi connectivity index (χ2v) is 8.98. The SMILES string of the molecule is COc1ccc(C(=O)CC2(O)C(=O)N(Cc3ccc(C)cc3)c3ccc(Br)cc32)c(OC)c1. The third-order valence-electron chi connectivity index (χ3n) is 5.88. The van der Waals surface area contributed by atoms with Gasteiger partial charge in [-0.2, -0.15) is 0 Å². The molecule has 1 N–H and O–H groups in total. The molecule has 4 rings (SSSR count). The van der Waals surface area contributed by atoms with E-state index in [-0.39, 0.29) is 12.1 Å². The molecule has 0 saturated carbocycles. The fourth-order valence-corrected chi connectivity index (χ4v) is 4.44. The third-order valence-corrected chi connectivity index (χ3v) is 6.37. The first-order valence-electron chi connectivity index (χ1n) is 10.4. The molecule has 6 nitrogen and oxygen atoms in total. The van der Waals surface area contributed by atoms with Gasteiger partial charge in [-0.1, -0.05) is 45.8 Å². The molecular weight excluding hydrogens is 486 g/mol. The van der Waals surface area contributed by atoms with E-state index in [0.29, 0.717) is 27.2 Å². The molecule has 0 aliphatic carbocycles. The van der Waals surface area contributed by atoms with Gasteiger partial charge in [-0.25, -0.2) is 0 Å². The Morgan fingerprint density at radius 3 is 2.42 bits per heavy atom. The summed E-state index contributed by atoms with van der Waals surface area (Å²) in [5.41, 5.74) is 1.30. The van der Waals surface area contributed by atoms with Crippen molar-refractivity contribution in [1.29, 1.82) is 0 Å². The molecule has 1 unspecified atom stereocenters. The van der Waals surface area contributed by atoms with Gasteiger partial charge < -0.3 is 19.5 Å². The van der Waals surface area contributed by atoms with Gasteiger partial charge in [-0.05, 0) is 42.8 Å². The second-order valence-electron chi connectivity index (χ2n) is 8.06. The first-order valence-corrected chi connectivity index (χ1v) is 11.2. The van der Waals surface area contributed by atoms with Crippen LogP contribution in [0.1, 0.15) is 33.5 Å². The predicted octanol–water partition coefficient (Wildman–Crippen LogP) is 4.78. The zero-order chi connectivity index (χ0) is 23.8. The molecule has 0 aromatic heterocycles. The van der Waals surface area contributed by atoms with Gasteiger partial charge in [-0.3, -0.25) is 9.59 Å². The number of hydrogen-bond acceptors (Lipinski definition) is 5. The number of Topliss-reactive ketones (excluding diaryl/α,β-unsaturated/α-hetero) is 1. The maximum atomic E-state index is 13.5. The summed E-state index contributed by atoms with van der Waals surface area (Å²) < 4.78 is 11.2. The topological polar surface area (TPSA) is 76.1 Å². The molecule has 170 valence electrons. The monoisotopic (exact) mass is 509 g/mol. The number of anilines is 1. The highest BCUT2D eigenvalue weighted by molar-refractivity contribution is 9.10. The van der Waals surface area contributed by atoms with Crippen LogP contribution in [0.4, 0.5) is 5.69 Å². The van der Waals surface area contributed by atoms with Crippen molar-refractivity contribution in [1.82, 2.24) is 0 Å². The molecule has 1 atom stereocenters. The van der Waals surface area contributed by atoms with E-state index in [0.717, 1.165) is 11.1 Å². The van der Waals surface area contributed by atoms with Crippen LogP contribution in [-0.2, 0) is 16.9 Å². The first-order chi connectivity index (χ1) is 15.8. The van der Waals surface area contributed by atoms with E-state index in [1.165, 1.54) is 19.1 Å². The van der Waals surface area contributed by atoms with Crippen molar-refractivity contribution < 1.29 is 24.2 Å². The largest absolute Gasteiger partial charge is 0.497 e. The molecule has 0 spiro atoms. The number of fused-ring (bicyclic) bond motifs is 1. The number of nitrogens with zero attached hydrogens (tertiary/aromatic N) is 1. The Bertz CT molecular complexity index is 1220. The summed E-state index contributed by atoms with van der Waals surface area (Å²) >= 11 is 3.42. The number of ketones is 1. The Hall–Kier alpha value is -3.16.